The highest BCUT2D eigenvalue weighted by atomic mass is 16.3. The van der Waals surface area contributed by atoms with Crippen LogP contribution in [0.2, 0.25) is 0 Å². The van der Waals surface area contributed by atoms with Crippen LogP contribution in [0.5, 0.6) is 0 Å². The number of aromatic nitrogens is 1. The molecular formula is C10H15NO. The molecule has 2 nitrogen and oxygen atoms in total. The zero-order chi connectivity index (χ0) is 8.97. The topological polar surface area (TPSA) is 33.1 Å². The standard InChI is InChI=1S/C10H15NO/c1-3-5-10(12)9-6-4-7-11-8(9)2/h4,6-7,10,12H,3,5H2,1-2H3. The molecule has 0 radical (unpaired) electrons. The SMILES string of the molecule is CCCC(O)c1cccnc1C. The molecule has 0 spiro atoms. The van der Waals surface area contributed by atoms with Gasteiger partial charge in [-0.15, -0.1) is 0 Å². The Hall–Kier alpha value is -0.890. The Morgan fingerprint density at radius 2 is 2.33 bits per heavy atom. The van der Waals surface area contributed by atoms with E-state index in [-0.39, 0.29) is 6.10 Å². The monoisotopic (exact) mass is 165 g/mol. The molecule has 2 heteroatoms. The lowest BCUT2D eigenvalue weighted by atomic mass is 10.0. The van der Waals surface area contributed by atoms with Crippen molar-refractivity contribution < 1.29 is 5.11 Å². The molecule has 12 heavy (non-hydrogen) atoms. The van der Waals surface area contributed by atoms with Crippen molar-refractivity contribution in [2.45, 2.75) is 32.8 Å². The van der Waals surface area contributed by atoms with Crippen LogP contribution in [0.25, 0.3) is 0 Å². The Balaban J connectivity index is 2.79. The highest BCUT2D eigenvalue weighted by Gasteiger charge is 2.08. The van der Waals surface area contributed by atoms with Crippen molar-refractivity contribution in [3.8, 4) is 0 Å². The number of rotatable bonds is 3. The molecule has 1 aromatic rings. The molecular weight excluding hydrogens is 150 g/mol. The number of nitrogens with zero attached hydrogens (tertiary/aromatic N) is 1. The number of hydrogen-bond acceptors (Lipinski definition) is 2. The number of aliphatic hydroxyl groups excluding tert-OH is 1. The van der Waals surface area contributed by atoms with Crippen LogP contribution < -0.4 is 0 Å². The molecule has 0 amide bonds. The quantitative estimate of drug-likeness (QED) is 0.745. The van der Waals surface area contributed by atoms with Gasteiger partial charge in [-0.1, -0.05) is 19.4 Å². The largest absolute Gasteiger partial charge is 0.388 e. The maximum atomic E-state index is 9.66. The van der Waals surface area contributed by atoms with Gasteiger partial charge in [0.2, 0.25) is 0 Å². The first-order valence-corrected chi connectivity index (χ1v) is 4.35. The fourth-order valence-electron chi connectivity index (χ4n) is 1.28. The highest BCUT2D eigenvalue weighted by Crippen LogP contribution is 2.19. The Kier molecular flexibility index (Phi) is 3.23. The summed E-state index contributed by atoms with van der Waals surface area (Å²) in [5.74, 6) is 0. The minimum atomic E-state index is -0.344. The van der Waals surface area contributed by atoms with Crippen molar-refractivity contribution in [3.63, 3.8) is 0 Å². The van der Waals surface area contributed by atoms with Gasteiger partial charge in [0.1, 0.15) is 0 Å². The Labute approximate surface area is 73.3 Å². The summed E-state index contributed by atoms with van der Waals surface area (Å²) in [5, 5.41) is 9.66. The van der Waals surface area contributed by atoms with Crippen LogP contribution in [0.4, 0.5) is 0 Å². The van der Waals surface area contributed by atoms with Crippen molar-refractivity contribution in [2.24, 2.45) is 0 Å². The Morgan fingerprint density at radius 1 is 1.58 bits per heavy atom. The average Bonchev–Trinajstić information content (AvgIpc) is 2.05. The third-order valence-corrected chi connectivity index (χ3v) is 1.97. The number of pyridine rings is 1. The molecule has 0 bridgehead atoms. The van der Waals surface area contributed by atoms with Crippen LogP contribution in [0.1, 0.15) is 37.1 Å². The Morgan fingerprint density at radius 3 is 2.92 bits per heavy atom. The summed E-state index contributed by atoms with van der Waals surface area (Å²) in [6.07, 6.45) is 3.21. The van der Waals surface area contributed by atoms with E-state index in [9.17, 15) is 5.11 Å². The van der Waals surface area contributed by atoms with Crippen molar-refractivity contribution in [1.82, 2.24) is 4.98 Å². The van der Waals surface area contributed by atoms with E-state index in [0.717, 1.165) is 24.1 Å². The van der Waals surface area contributed by atoms with Gasteiger partial charge >= 0.3 is 0 Å². The minimum absolute atomic E-state index is 0.344. The maximum Gasteiger partial charge on any atom is 0.0807 e. The van der Waals surface area contributed by atoms with Gasteiger partial charge < -0.3 is 5.11 Å². The second-order valence-corrected chi connectivity index (χ2v) is 2.98. The molecule has 0 aliphatic carbocycles. The summed E-state index contributed by atoms with van der Waals surface area (Å²) in [7, 11) is 0. The summed E-state index contributed by atoms with van der Waals surface area (Å²) >= 11 is 0. The first kappa shape index (κ1) is 9.20. The molecule has 66 valence electrons. The lowest BCUT2D eigenvalue weighted by molar-refractivity contribution is 0.165. The minimum Gasteiger partial charge on any atom is -0.388 e. The second-order valence-electron chi connectivity index (χ2n) is 2.98. The predicted molar refractivity (Wildman–Crippen MR) is 48.8 cm³/mol. The molecule has 1 rings (SSSR count). The lowest BCUT2D eigenvalue weighted by Gasteiger charge is -2.10. The average molecular weight is 165 g/mol. The van der Waals surface area contributed by atoms with Gasteiger partial charge in [0, 0.05) is 17.5 Å². The van der Waals surface area contributed by atoms with Gasteiger partial charge in [-0.05, 0) is 19.4 Å². The van der Waals surface area contributed by atoms with Gasteiger partial charge in [0.15, 0.2) is 0 Å². The normalized spacial score (nSPS) is 12.9. The highest BCUT2D eigenvalue weighted by molar-refractivity contribution is 5.20. The van der Waals surface area contributed by atoms with E-state index in [0.29, 0.717) is 0 Å². The van der Waals surface area contributed by atoms with Crippen LogP contribution >= 0.6 is 0 Å². The molecule has 0 saturated carbocycles. The molecule has 0 aliphatic heterocycles. The molecule has 0 aliphatic rings. The zero-order valence-corrected chi connectivity index (χ0v) is 7.62. The number of aryl methyl sites for hydroxylation is 1. The second kappa shape index (κ2) is 4.21. The van der Waals surface area contributed by atoms with Gasteiger partial charge in [-0.25, -0.2) is 0 Å². The molecule has 1 atom stereocenters. The number of hydrogen-bond donors (Lipinski definition) is 1. The zero-order valence-electron chi connectivity index (χ0n) is 7.62. The maximum absolute atomic E-state index is 9.66. The first-order valence-electron chi connectivity index (χ1n) is 4.35. The van der Waals surface area contributed by atoms with Crippen LogP contribution in [0.15, 0.2) is 18.3 Å². The van der Waals surface area contributed by atoms with Crippen molar-refractivity contribution in [1.29, 1.82) is 0 Å². The van der Waals surface area contributed by atoms with E-state index in [2.05, 4.69) is 11.9 Å². The van der Waals surface area contributed by atoms with Gasteiger partial charge in [-0.2, -0.15) is 0 Å². The summed E-state index contributed by atoms with van der Waals surface area (Å²) in [6, 6.07) is 3.80. The molecule has 0 fully saturated rings. The molecule has 1 aromatic heterocycles. The van der Waals surface area contributed by atoms with E-state index in [4.69, 9.17) is 0 Å². The van der Waals surface area contributed by atoms with E-state index in [1.165, 1.54) is 0 Å². The smallest absolute Gasteiger partial charge is 0.0807 e. The summed E-state index contributed by atoms with van der Waals surface area (Å²) < 4.78 is 0. The lowest BCUT2D eigenvalue weighted by Crippen LogP contribution is -2.00. The third-order valence-electron chi connectivity index (χ3n) is 1.97. The summed E-state index contributed by atoms with van der Waals surface area (Å²) in [6.45, 7) is 3.99. The van der Waals surface area contributed by atoms with Gasteiger partial charge in [0.25, 0.3) is 0 Å². The molecule has 0 aromatic carbocycles. The first-order chi connectivity index (χ1) is 5.75. The van der Waals surface area contributed by atoms with E-state index >= 15 is 0 Å². The van der Waals surface area contributed by atoms with E-state index in [1.54, 1.807) is 6.20 Å². The fourth-order valence-corrected chi connectivity index (χ4v) is 1.28. The summed E-state index contributed by atoms with van der Waals surface area (Å²) in [5.41, 5.74) is 1.89. The predicted octanol–water partition coefficient (Wildman–Crippen LogP) is 2.22. The van der Waals surface area contributed by atoms with Crippen molar-refractivity contribution >= 4 is 0 Å². The van der Waals surface area contributed by atoms with Crippen LogP contribution in [0, 0.1) is 6.92 Å². The van der Waals surface area contributed by atoms with Crippen molar-refractivity contribution in [3.05, 3.63) is 29.6 Å². The molecule has 1 heterocycles. The van der Waals surface area contributed by atoms with Gasteiger partial charge in [0.05, 0.1) is 6.10 Å². The number of aliphatic hydroxyl groups is 1. The van der Waals surface area contributed by atoms with Crippen LogP contribution in [0.3, 0.4) is 0 Å². The molecule has 0 saturated heterocycles. The third kappa shape index (κ3) is 2.05. The summed E-state index contributed by atoms with van der Waals surface area (Å²) in [4.78, 5) is 4.12. The van der Waals surface area contributed by atoms with E-state index < -0.39 is 0 Å². The van der Waals surface area contributed by atoms with Crippen LogP contribution in [-0.2, 0) is 0 Å². The molecule has 1 N–H and O–H groups in total. The van der Waals surface area contributed by atoms with E-state index in [1.807, 2.05) is 19.1 Å². The Bertz CT molecular complexity index is 247. The van der Waals surface area contributed by atoms with Crippen LogP contribution in [-0.4, -0.2) is 10.1 Å². The fraction of sp³-hybridized carbons (Fsp3) is 0.500. The van der Waals surface area contributed by atoms with Crippen molar-refractivity contribution in [2.75, 3.05) is 0 Å². The molecule has 1 unspecified atom stereocenters. The van der Waals surface area contributed by atoms with Gasteiger partial charge in [-0.3, -0.25) is 4.98 Å².